The molecule has 0 aromatic heterocycles. The maximum Gasteiger partial charge on any atom is 0.271 e. The van der Waals surface area contributed by atoms with E-state index in [2.05, 4.69) is 5.32 Å². The predicted octanol–water partition coefficient (Wildman–Crippen LogP) is 3.67. The molecule has 1 N–H and O–H groups in total. The maximum absolute atomic E-state index is 13.6. The highest BCUT2D eigenvalue weighted by molar-refractivity contribution is 7.92. The van der Waals surface area contributed by atoms with Gasteiger partial charge in [-0.1, -0.05) is 37.5 Å². The Morgan fingerprint density at radius 1 is 1.13 bits per heavy atom. The number of rotatable bonds is 10. The first-order chi connectivity index (χ1) is 17.9. The van der Waals surface area contributed by atoms with E-state index in [0.29, 0.717) is 11.1 Å². The van der Waals surface area contributed by atoms with Crippen molar-refractivity contribution >= 4 is 33.2 Å². The number of halogens is 1. The Balaban J connectivity index is 1.92. The monoisotopic (exact) mass is 548 g/mol. The van der Waals surface area contributed by atoms with Crippen molar-refractivity contribution in [1.29, 1.82) is 0 Å². The molecule has 1 aliphatic carbocycles. The summed E-state index contributed by atoms with van der Waals surface area (Å²) in [6.07, 6.45) is 5.71. The van der Waals surface area contributed by atoms with Crippen molar-refractivity contribution < 1.29 is 27.3 Å². The van der Waals surface area contributed by atoms with Crippen LogP contribution in [-0.2, 0) is 26.2 Å². The molecule has 10 nitrogen and oxygen atoms in total. The van der Waals surface area contributed by atoms with E-state index in [0.717, 1.165) is 48.7 Å². The summed E-state index contributed by atoms with van der Waals surface area (Å²) >= 11 is 0. The van der Waals surface area contributed by atoms with E-state index in [1.54, 1.807) is 13.8 Å². The van der Waals surface area contributed by atoms with Crippen LogP contribution in [0.5, 0.6) is 0 Å². The van der Waals surface area contributed by atoms with E-state index in [1.807, 2.05) is 0 Å². The predicted molar refractivity (Wildman–Crippen MR) is 141 cm³/mol. The highest BCUT2D eigenvalue weighted by Crippen LogP contribution is 2.28. The molecule has 1 fully saturated rings. The highest BCUT2D eigenvalue weighted by Gasteiger charge is 2.32. The highest BCUT2D eigenvalue weighted by atomic mass is 32.2. The van der Waals surface area contributed by atoms with Gasteiger partial charge in [0.05, 0.1) is 16.9 Å². The average Bonchev–Trinajstić information content (AvgIpc) is 2.86. The first-order valence-corrected chi connectivity index (χ1v) is 14.3. The first-order valence-electron chi connectivity index (χ1n) is 12.4. The summed E-state index contributed by atoms with van der Waals surface area (Å²) in [4.78, 5) is 38.7. The number of carbonyl (C=O) groups is 2. The summed E-state index contributed by atoms with van der Waals surface area (Å²) in [6, 6.07) is 8.25. The molecule has 0 bridgehead atoms. The third kappa shape index (κ3) is 7.50. The Morgan fingerprint density at radius 2 is 1.76 bits per heavy atom. The lowest BCUT2D eigenvalue weighted by molar-refractivity contribution is -0.384. The van der Waals surface area contributed by atoms with Crippen molar-refractivity contribution in [2.24, 2.45) is 0 Å². The van der Waals surface area contributed by atoms with E-state index >= 15 is 0 Å². The summed E-state index contributed by atoms with van der Waals surface area (Å²) in [7, 11) is -4.05. The minimum atomic E-state index is -4.05. The molecule has 3 rings (SSSR count). The van der Waals surface area contributed by atoms with Crippen molar-refractivity contribution in [1.82, 2.24) is 10.2 Å². The van der Waals surface area contributed by atoms with Crippen molar-refractivity contribution in [2.75, 3.05) is 17.1 Å². The number of nitrogens with zero attached hydrogens (tertiary/aromatic N) is 3. The molecular formula is C26H33FN4O6S. The van der Waals surface area contributed by atoms with Gasteiger partial charge < -0.3 is 10.2 Å². The number of aryl methyl sites for hydroxylation is 1. The van der Waals surface area contributed by atoms with Crippen LogP contribution >= 0.6 is 0 Å². The van der Waals surface area contributed by atoms with Gasteiger partial charge in [0.25, 0.3) is 5.69 Å². The molecule has 206 valence electrons. The number of benzene rings is 2. The molecule has 0 saturated heterocycles. The van der Waals surface area contributed by atoms with E-state index in [-0.39, 0.29) is 29.9 Å². The molecule has 2 amide bonds. The van der Waals surface area contributed by atoms with E-state index in [9.17, 15) is 32.5 Å². The van der Waals surface area contributed by atoms with Gasteiger partial charge in [-0.3, -0.25) is 24.0 Å². The third-order valence-electron chi connectivity index (χ3n) is 6.74. The molecule has 2 aromatic carbocycles. The third-order valence-corrected chi connectivity index (χ3v) is 7.86. The van der Waals surface area contributed by atoms with Crippen LogP contribution in [-0.4, -0.2) is 54.9 Å². The van der Waals surface area contributed by atoms with Gasteiger partial charge in [0.2, 0.25) is 21.8 Å². The molecule has 12 heteroatoms. The summed E-state index contributed by atoms with van der Waals surface area (Å²) in [5, 5.41) is 14.3. The number of nitro groups is 1. The molecule has 1 saturated carbocycles. The Kier molecular flexibility index (Phi) is 9.42. The minimum Gasteiger partial charge on any atom is -0.352 e. The van der Waals surface area contributed by atoms with Crippen molar-refractivity contribution in [3.8, 4) is 0 Å². The van der Waals surface area contributed by atoms with E-state index in [1.165, 1.54) is 41.3 Å². The van der Waals surface area contributed by atoms with Gasteiger partial charge in [0, 0.05) is 24.7 Å². The van der Waals surface area contributed by atoms with E-state index < -0.39 is 39.3 Å². The smallest absolute Gasteiger partial charge is 0.271 e. The number of non-ortho nitro benzene ring substituents is 1. The fraction of sp³-hybridized carbons (Fsp3) is 0.462. The van der Waals surface area contributed by atoms with Gasteiger partial charge in [-0.15, -0.1) is 0 Å². The topological polar surface area (TPSA) is 130 Å². The lowest BCUT2D eigenvalue weighted by Crippen LogP contribution is -2.53. The molecule has 1 atom stereocenters. The Labute approximate surface area is 222 Å². The maximum atomic E-state index is 13.6. The molecule has 0 spiro atoms. The van der Waals surface area contributed by atoms with Crippen molar-refractivity contribution in [2.45, 2.75) is 64.6 Å². The SMILES string of the molecule is Cc1ccc([N+](=O)[O-])cc1N(CC(=O)N(Cc1ccc(F)cc1)[C@@H](C)C(=O)NC1CCCCC1)S(C)(=O)=O. The van der Waals surface area contributed by atoms with Gasteiger partial charge in [-0.2, -0.15) is 0 Å². The number of carbonyl (C=O) groups excluding carboxylic acids is 2. The molecule has 1 aliphatic rings. The average molecular weight is 549 g/mol. The number of hydrogen-bond acceptors (Lipinski definition) is 6. The van der Waals surface area contributed by atoms with Crippen LogP contribution in [0.1, 0.15) is 50.2 Å². The second-order valence-electron chi connectivity index (χ2n) is 9.67. The number of sulfonamides is 1. The van der Waals surface area contributed by atoms with Crippen LogP contribution in [0.4, 0.5) is 15.8 Å². The fourth-order valence-electron chi connectivity index (χ4n) is 4.51. The molecular weight excluding hydrogens is 515 g/mol. The summed E-state index contributed by atoms with van der Waals surface area (Å²) in [5.41, 5.74) is 0.641. The molecule has 2 aromatic rings. The zero-order chi connectivity index (χ0) is 28.0. The van der Waals surface area contributed by atoms with Crippen LogP contribution in [0.25, 0.3) is 0 Å². The van der Waals surface area contributed by atoms with Crippen LogP contribution in [0.15, 0.2) is 42.5 Å². The van der Waals surface area contributed by atoms with Crippen molar-refractivity contribution in [3.63, 3.8) is 0 Å². The zero-order valence-corrected chi connectivity index (χ0v) is 22.5. The standard InChI is InChI=1S/C26H33FN4O6S/c1-18-9-14-23(31(34)35)15-24(18)30(38(3,36)37)17-25(32)29(16-20-10-12-21(27)13-11-20)19(2)26(33)28-22-7-5-4-6-8-22/h9-15,19,22H,4-8,16-17H2,1-3H3,(H,28,33)/t19-/m0/s1. The Bertz CT molecular complexity index is 1280. The second-order valence-corrected chi connectivity index (χ2v) is 11.6. The molecule has 0 unspecified atom stereocenters. The molecule has 0 radical (unpaired) electrons. The Morgan fingerprint density at radius 3 is 2.34 bits per heavy atom. The summed E-state index contributed by atoms with van der Waals surface area (Å²) < 4.78 is 39.8. The minimum absolute atomic E-state index is 0.00140. The zero-order valence-electron chi connectivity index (χ0n) is 21.7. The van der Waals surface area contributed by atoms with Crippen LogP contribution in [0.2, 0.25) is 0 Å². The van der Waals surface area contributed by atoms with Gasteiger partial charge >= 0.3 is 0 Å². The fourth-order valence-corrected chi connectivity index (χ4v) is 5.41. The number of amides is 2. The lowest BCUT2D eigenvalue weighted by Gasteiger charge is -2.33. The second kappa shape index (κ2) is 12.3. The van der Waals surface area contributed by atoms with Crippen LogP contribution in [0, 0.1) is 22.9 Å². The number of nitrogens with one attached hydrogen (secondary N) is 1. The summed E-state index contributed by atoms with van der Waals surface area (Å²) in [5.74, 6) is -1.51. The number of hydrogen-bond donors (Lipinski definition) is 1. The normalized spacial score (nSPS) is 14.9. The van der Waals surface area contributed by atoms with E-state index in [4.69, 9.17) is 0 Å². The quantitative estimate of drug-likeness (QED) is 0.356. The first kappa shape index (κ1) is 29.0. The number of anilines is 1. The number of nitro benzene ring substituents is 1. The lowest BCUT2D eigenvalue weighted by atomic mass is 9.95. The van der Waals surface area contributed by atoms with Gasteiger partial charge in [0.1, 0.15) is 18.4 Å². The Hall–Kier alpha value is -3.54. The molecule has 0 heterocycles. The molecule has 0 aliphatic heterocycles. The molecule has 38 heavy (non-hydrogen) atoms. The van der Waals surface area contributed by atoms with Gasteiger partial charge in [0.15, 0.2) is 0 Å². The van der Waals surface area contributed by atoms with Gasteiger partial charge in [-0.05, 0) is 49.9 Å². The largest absolute Gasteiger partial charge is 0.352 e. The van der Waals surface area contributed by atoms with Crippen LogP contribution in [0.3, 0.4) is 0 Å². The van der Waals surface area contributed by atoms with Crippen LogP contribution < -0.4 is 9.62 Å². The van der Waals surface area contributed by atoms with Crippen molar-refractivity contribution in [3.05, 3.63) is 69.5 Å². The van der Waals surface area contributed by atoms with Gasteiger partial charge in [-0.25, -0.2) is 12.8 Å². The summed E-state index contributed by atoms with van der Waals surface area (Å²) in [6.45, 7) is 2.40.